The molecule has 1 atom stereocenters. The number of hydrogen-bond acceptors (Lipinski definition) is 6. The van der Waals surface area contributed by atoms with Crippen molar-refractivity contribution in [3.05, 3.63) is 41.7 Å². The van der Waals surface area contributed by atoms with Crippen molar-refractivity contribution in [2.75, 3.05) is 25.5 Å². The van der Waals surface area contributed by atoms with Gasteiger partial charge in [0.25, 0.3) is 10.0 Å². The molecule has 3 heterocycles. The van der Waals surface area contributed by atoms with Crippen molar-refractivity contribution in [3.8, 4) is 0 Å². The van der Waals surface area contributed by atoms with Gasteiger partial charge in [-0.2, -0.15) is 4.31 Å². The monoisotopic (exact) mass is 363 g/mol. The molecule has 25 heavy (non-hydrogen) atoms. The first kappa shape index (κ1) is 16.6. The fourth-order valence-electron chi connectivity index (χ4n) is 4.08. The standard InChI is InChI=1S/C17H21N3O4S/c1-12-14(16(18)19-24-12)25(21,22)20-11-17(7-9-23-10-8-17)15(20)13-5-3-2-4-6-13/h2-6,15H,7-11H2,1H3,(H2,18,19). The van der Waals surface area contributed by atoms with Crippen LogP contribution in [-0.2, 0) is 14.8 Å². The predicted octanol–water partition coefficient (Wildman–Crippen LogP) is 2.11. The second kappa shape index (κ2) is 5.82. The summed E-state index contributed by atoms with van der Waals surface area (Å²) in [5, 5.41) is 3.60. The molecule has 0 radical (unpaired) electrons. The first-order valence-electron chi connectivity index (χ1n) is 8.32. The molecule has 1 aromatic carbocycles. The lowest BCUT2D eigenvalue weighted by atomic mass is 9.65. The lowest BCUT2D eigenvalue weighted by Crippen LogP contribution is -2.62. The molecule has 1 aromatic heterocycles. The molecule has 0 aliphatic carbocycles. The Hall–Kier alpha value is -1.90. The predicted molar refractivity (Wildman–Crippen MR) is 91.2 cm³/mol. The SMILES string of the molecule is Cc1onc(N)c1S(=O)(=O)N1CC2(CCOCC2)C1c1ccccc1. The van der Waals surface area contributed by atoms with Crippen LogP contribution in [0, 0.1) is 12.3 Å². The molecule has 2 aromatic rings. The average Bonchev–Trinajstić information content (AvgIpc) is 2.94. The molecule has 8 heteroatoms. The summed E-state index contributed by atoms with van der Waals surface area (Å²) in [5.41, 5.74) is 6.67. The Labute approximate surface area is 146 Å². The van der Waals surface area contributed by atoms with Crippen molar-refractivity contribution in [2.45, 2.75) is 30.7 Å². The van der Waals surface area contributed by atoms with E-state index in [1.807, 2.05) is 30.3 Å². The summed E-state index contributed by atoms with van der Waals surface area (Å²) in [6.07, 6.45) is 1.69. The van der Waals surface area contributed by atoms with E-state index in [2.05, 4.69) is 5.16 Å². The molecule has 2 aliphatic heterocycles. The van der Waals surface area contributed by atoms with Crippen molar-refractivity contribution in [3.63, 3.8) is 0 Å². The maximum atomic E-state index is 13.2. The molecule has 134 valence electrons. The molecule has 2 saturated heterocycles. The summed E-state index contributed by atoms with van der Waals surface area (Å²) in [4.78, 5) is -0.0182. The van der Waals surface area contributed by atoms with Crippen LogP contribution in [0.15, 0.2) is 39.8 Å². The highest BCUT2D eigenvalue weighted by Gasteiger charge is 2.58. The van der Waals surface area contributed by atoms with Gasteiger partial charge in [0.2, 0.25) is 0 Å². The molecule has 1 unspecified atom stereocenters. The van der Waals surface area contributed by atoms with E-state index < -0.39 is 10.0 Å². The highest BCUT2D eigenvalue weighted by atomic mass is 32.2. The molecule has 1 spiro atoms. The number of sulfonamides is 1. The van der Waals surface area contributed by atoms with Gasteiger partial charge in [0, 0.05) is 25.2 Å². The number of rotatable bonds is 3. The average molecular weight is 363 g/mol. The van der Waals surface area contributed by atoms with Gasteiger partial charge >= 0.3 is 0 Å². The Kier molecular flexibility index (Phi) is 3.86. The van der Waals surface area contributed by atoms with Crippen molar-refractivity contribution < 1.29 is 17.7 Å². The molecule has 2 aliphatic rings. The van der Waals surface area contributed by atoms with Gasteiger partial charge in [-0.3, -0.25) is 0 Å². The number of hydrogen-bond donors (Lipinski definition) is 1. The van der Waals surface area contributed by atoms with E-state index in [-0.39, 0.29) is 27.9 Å². The van der Waals surface area contributed by atoms with Crippen LogP contribution in [-0.4, -0.2) is 37.6 Å². The molecule has 4 rings (SSSR count). The number of nitrogens with two attached hydrogens (primary N) is 1. The number of aryl methyl sites for hydroxylation is 1. The van der Waals surface area contributed by atoms with E-state index in [9.17, 15) is 8.42 Å². The second-order valence-electron chi connectivity index (χ2n) is 6.79. The summed E-state index contributed by atoms with van der Waals surface area (Å²) < 4.78 is 38.5. The summed E-state index contributed by atoms with van der Waals surface area (Å²) in [6, 6.07) is 9.53. The first-order chi connectivity index (χ1) is 12.0. The number of nitrogens with zero attached hydrogens (tertiary/aromatic N) is 2. The largest absolute Gasteiger partial charge is 0.381 e. The third-order valence-corrected chi connectivity index (χ3v) is 7.31. The van der Waals surface area contributed by atoms with E-state index in [1.54, 1.807) is 6.92 Å². The minimum absolute atomic E-state index is 0.0182. The third-order valence-electron chi connectivity index (χ3n) is 5.34. The van der Waals surface area contributed by atoms with E-state index in [4.69, 9.17) is 15.0 Å². The Morgan fingerprint density at radius 2 is 1.92 bits per heavy atom. The van der Waals surface area contributed by atoms with Crippen LogP contribution in [0.4, 0.5) is 5.82 Å². The summed E-state index contributed by atoms with van der Waals surface area (Å²) in [6.45, 7) is 3.34. The fourth-order valence-corrected chi connectivity index (χ4v) is 6.07. The fraction of sp³-hybridized carbons (Fsp3) is 0.471. The summed E-state index contributed by atoms with van der Waals surface area (Å²) >= 11 is 0. The third kappa shape index (κ3) is 2.47. The number of nitrogen functional groups attached to an aromatic ring is 1. The lowest BCUT2D eigenvalue weighted by molar-refractivity contribution is -0.0952. The van der Waals surface area contributed by atoms with Crippen LogP contribution in [0.25, 0.3) is 0 Å². The Balaban J connectivity index is 1.77. The molecular weight excluding hydrogens is 342 g/mol. The molecular formula is C17H21N3O4S. The van der Waals surface area contributed by atoms with Gasteiger partial charge in [-0.15, -0.1) is 0 Å². The maximum absolute atomic E-state index is 13.2. The number of aromatic nitrogens is 1. The lowest BCUT2D eigenvalue weighted by Gasteiger charge is -2.58. The van der Waals surface area contributed by atoms with E-state index in [0.29, 0.717) is 19.8 Å². The van der Waals surface area contributed by atoms with Crippen LogP contribution in [0.1, 0.15) is 30.2 Å². The molecule has 7 nitrogen and oxygen atoms in total. The zero-order valence-electron chi connectivity index (χ0n) is 14.0. The van der Waals surface area contributed by atoms with Gasteiger partial charge in [0.1, 0.15) is 0 Å². The van der Waals surface area contributed by atoms with Crippen LogP contribution < -0.4 is 5.73 Å². The maximum Gasteiger partial charge on any atom is 0.250 e. The zero-order chi connectivity index (χ0) is 17.7. The molecule has 0 amide bonds. The highest BCUT2D eigenvalue weighted by Crippen LogP contribution is 2.56. The zero-order valence-corrected chi connectivity index (χ0v) is 14.8. The summed E-state index contributed by atoms with van der Waals surface area (Å²) in [5.74, 6) is 0.134. The van der Waals surface area contributed by atoms with Gasteiger partial charge in [0.05, 0.1) is 6.04 Å². The Bertz CT molecular complexity index is 853. The van der Waals surface area contributed by atoms with Crippen molar-refractivity contribution in [2.24, 2.45) is 5.41 Å². The van der Waals surface area contributed by atoms with Gasteiger partial charge < -0.3 is 15.0 Å². The molecule has 2 N–H and O–H groups in total. The van der Waals surface area contributed by atoms with Crippen LogP contribution in [0.5, 0.6) is 0 Å². The Morgan fingerprint density at radius 3 is 2.52 bits per heavy atom. The van der Waals surface area contributed by atoms with E-state index in [0.717, 1.165) is 18.4 Å². The van der Waals surface area contributed by atoms with Crippen molar-refractivity contribution in [1.29, 1.82) is 0 Å². The number of anilines is 1. The molecule has 0 bridgehead atoms. The first-order valence-corrected chi connectivity index (χ1v) is 9.76. The molecule has 0 saturated carbocycles. The van der Waals surface area contributed by atoms with E-state index >= 15 is 0 Å². The van der Waals surface area contributed by atoms with Crippen LogP contribution in [0.3, 0.4) is 0 Å². The van der Waals surface area contributed by atoms with Gasteiger partial charge in [-0.1, -0.05) is 35.5 Å². The van der Waals surface area contributed by atoms with Crippen LogP contribution >= 0.6 is 0 Å². The minimum Gasteiger partial charge on any atom is -0.381 e. The topological polar surface area (TPSA) is 98.7 Å². The minimum atomic E-state index is -3.78. The molecule has 2 fully saturated rings. The normalized spacial score (nSPS) is 23.5. The quantitative estimate of drug-likeness (QED) is 0.897. The smallest absolute Gasteiger partial charge is 0.250 e. The van der Waals surface area contributed by atoms with E-state index in [1.165, 1.54) is 4.31 Å². The van der Waals surface area contributed by atoms with Gasteiger partial charge in [-0.05, 0) is 25.3 Å². The number of benzene rings is 1. The van der Waals surface area contributed by atoms with Crippen LogP contribution in [0.2, 0.25) is 0 Å². The van der Waals surface area contributed by atoms with Crippen molar-refractivity contribution >= 4 is 15.8 Å². The second-order valence-corrected chi connectivity index (χ2v) is 8.62. The van der Waals surface area contributed by atoms with Gasteiger partial charge in [0.15, 0.2) is 16.5 Å². The Morgan fingerprint density at radius 1 is 1.24 bits per heavy atom. The van der Waals surface area contributed by atoms with Crippen molar-refractivity contribution in [1.82, 2.24) is 9.46 Å². The van der Waals surface area contributed by atoms with Gasteiger partial charge in [-0.25, -0.2) is 8.42 Å². The summed E-state index contributed by atoms with van der Waals surface area (Å²) in [7, 11) is -3.78. The number of ether oxygens (including phenoxy) is 1. The highest BCUT2D eigenvalue weighted by molar-refractivity contribution is 7.89.